The van der Waals surface area contributed by atoms with Crippen LogP contribution in [0, 0.1) is 10.1 Å². The second-order valence-corrected chi connectivity index (χ2v) is 7.07. The van der Waals surface area contributed by atoms with Crippen molar-refractivity contribution in [3.63, 3.8) is 0 Å². The number of hydrogen-bond acceptors (Lipinski definition) is 9. The number of methoxy groups -OCH3 is 1. The average molecular weight is 371 g/mol. The first-order chi connectivity index (χ1) is 12.9. The van der Waals surface area contributed by atoms with Crippen molar-refractivity contribution in [3.8, 4) is 17.1 Å². The number of nitrogen functional groups attached to an aromatic ring is 1. The van der Waals surface area contributed by atoms with Gasteiger partial charge in [0, 0.05) is 25.2 Å². The quantitative estimate of drug-likeness (QED) is 0.626. The van der Waals surface area contributed by atoms with Gasteiger partial charge in [-0.3, -0.25) is 15.0 Å². The van der Waals surface area contributed by atoms with Crippen LogP contribution in [0.5, 0.6) is 5.75 Å². The first kappa shape index (κ1) is 17.4. The Morgan fingerprint density at radius 3 is 2.70 bits per heavy atom. The van der Waals surface area contributed by atoms with E-state index in [-0.39, 0.29) is 27.9 Å². The molecule has 142 valence electrons. The molecule has 2 aliphatic rings. The van der Waals surface area contributed by atoms with Crippen LogP contribution in [0.1, 0.15) is 12.8 Å². The van der Waals surface area contributed by atoms with Crippen molar-refractivity contribution in [1.82, 2.24) is 19.9 Å². The van der Waals surface area contributed by atoms with Gasteiger partial charge in [-0.15, -0.1) is 0 Å². The number of ether oxygens (including phenoxy) is 1. The summed E-state index contributed by atoms with van der Waals surface area (Å²) in [6.45, 7) is 2.61. The molecule has 0 saturated carbocycles. The highest BCUT2D eigenvalue weighted by atomic mass is 16.6. The molecular weight excluding hydrogens is 350 g/mol. The number of nitrogens with two attached hydrogens (primary N) is 1. The molecule has 2 fully saturated rings. The number of benzene rings is 1. The van der Waals surface area contributed by atoms with Crippen LogP contribution in [0.25, 0.3) is 11.4 Å². The summed E-state index contributed by atoms with van der Waals surface area (Å²) >= 11 is 0. The zero-order valence-corrected chi connectivity index (χ0v) is 15.3. The normalized spacial score (nSPS) is 18.5. The minimum atomic E-state index is -0.383. The molecule has 10 heteroatoms. The third-order valence-electron chi connectivity index (χ3n) is 5.58. The fourth-order valence-electron chi connectivity index (χ4n) is 4.05. The third kappa shape index (κ3) is 2.81. The van der Waals surface area contributed by atoms with Crippen molar-refractivity contribution in [1.29, 1.82) is 0 Å². The third-order valence-corrected chi connectivity index (χ3v) is 5.58. The molecule has 1 spiro atoms. The minimum absolute atomic E-state index is 0.000263. The van der Waals surface area contributed by atoms with E-state index in [0.717, 1.165) is 32.5 Å². The number of likely N-dealkylation sites (tertiary alicyclic amines) is 1. The van der Waals surface area contributed by atoms with Gasteiger partial charge in [-0.2, -0.15) is 4.98 Å². The first-order valence-electron chi connectivity index (χ1n) is 8.71. The van der Waals surface area contributed by atoms with E-state index in [9.17, 15) is 10.1 Å². The van der Waals surface area contributed by atoms with E-state index in [1.807, 2.05) is 4.90 Å². The van der Waals surface area contributed by atoms with Gasteiger partial charge in [-0.25, -0.2) is 9.97 Å². The predicted molar refractivity (Wildman–Crippen MR) is 99.7 cm³/mol. The van der Waals surface area contributed by atoms with Crippen LogP contribution in [0.15, 0.2) is 18.5 Å². The Balaban J connectivity index is 1.74. The summed E-state index contributed by atoms with van der Waals surface area (Å²) in [4.78, 5) is 27.6. The maximum Gasteiger partial charge on any atom is 0.293 e. The number of anilines is 2. The summed E-state index contributed by atoms with van der Waals surface area (Å²) in [5.41, 5.74) is 6.71. The Morgan fingerprint density at radius 1 is 1.33 bits per heavy atom. The Hall–Kier alpha value is -3.01. The van der Waals surface area contributed by atoms with E-state index in [0.29, 0.717) is 17.0 Å². The van der Waals surface area contributed by atoms with E-state index < -0.39 is 0 Å². The second-order valence-electron chi connectivity index (χ2n) is 7.07. The van der Waals surface area contributed by atoms with E-state index in [1.54, 1.807) is 6.07 Å². The molecule has 0 atom stereocenters. The van der Waals surface area contributed by atoms with Crippen molar-refractivity contribution in [2.75, 3.05) is 44.4 Å². The van der Waals surface area contributed by atoms with Crippen molar-refractivity contribution in [2.24, 2.45) is 0 Å². The molecule has 0 unspecified atom stereocenters. The van der Waals surface area contributed by atoms with Crippen molar-refractivity contribution in [3.05, 3.63) is 28.6 Å². The largest absolute Gasteiger partial charge is 0.496 e. The fraction of sp³-hybridized carbons (Fsp3) is 0.471. The Bertz CT molecular complexity index is 898. The van der Waals surface area contributed by atoms with Crippen molar-refractivity contribution in [2.45, 2.75) is 18.4 Å². The Labute approximate surface area is 156 Å². The average Bonchev–Trinajstić information content (AvgIpc) is 3.00. The Morgan fingerprint density at radius 2 is 2.11 bits per heavy atom. The lowest BCUT2D eigenvalue weighted by atomic mass is 9.86. The van der Waals surface area contributed by atoms with Gasteiger partial charge in [0.25, 0.3) is 5.69 Å². The number of rotatable bonds is 4. The Kier molecular flexibility index (Phi) is 4.06. The summed E-state index contributed by atoms with van der Waals surface area (Å²) in [7, 11) is 3.63. The highest BCUT2D eigenvalue weighted by molar-refractivity contribution is 5.78. The summed E-state index contributed by atoms with van der Waals surface area (Å²) in [5, 5.41) is 11.7. The van der Waals surface area contributed by atoms with Gasteiger partial charge in [0.2, 0.25) is 5.95 Å². The number of hydrogen-bond donors (Lipinski definition) is 1. The topological polar surface area (TPSA) is 124 Å². The molecule has 2 aromatic rings. The lowest BCUT2D eigenvalue weighted by Crippen LogP contribution is -2.67. The lowest BCUT2D eigenvalue weighted by molar-refractivity contribution is -0.384. The van der Waals surface area contributed by atoms with Crippen LogP contribution in [0.2, 0.25) is 0 Å². The molecule has 0 aliphatic carbocycles. The minimum Gasteiger partial charge on any atom is -0.496 e. The SMILES string of the molecule is COc1cc(N2CC3(CCCN3C)C2)c([N+](=O)[O-])cc1-c1ncnc(N)n1. The molecule has 10 nitrogen and oxygen atoms in total. The van der Waals surface area contributed by atoms with Crippen LogP contribution in [-0.4, -0.2) is 64.1 Å². The van der Waals surface area contributed by atoms with Crippen LogP contribution >= 0.6 is 0 Å². The molecule has 0 bridgehead atoms. The highest BCUT2D eigenvalue weighted by Crippen LogP contribution is 2.45. The highest BCUT2D eigenvalue weighted by Gasteiger charge is 2.49. The predicted octanol–water partition coefficient (Wildman–Crippen LogP) is 1.32. The molecule has 4 rings (SSSR count). The summed E-state index contributed by atoms with van der Waals surface area (Å²) in [6, 6.07) is 3.14. The zero-order chi connectivity index (χ0) is 19.2. The van der Waals surface area contributed by atoms with Gasteiger partial charge in [-0.1, -0.05) is 0 Å². The van der Waals surface area contributed by atoms with Crippen molar-refractivity contribution >= 4 is 17.3 Å². The number of nitro groups is 1. The van der Waals surface area contributed by atoms with Gasteiger partial charge in [-0.05, 0) is 26.4 Å². The summed E-state index contributed by atoms with van der Waals surface area (Å²) < 4.78 is 5.47. The fourth-order valence-corrected chi connectivity index (χ4v) is 4.05. The second kappa shape index (κ2) is 6.31. The molecule has 2 saturated heterocycles. The van der Waals surface area contributed by atoms with Gasteiger partial charge < -0.3 is 15.4 Å². The van der Waals surface area contributed by atoms with E-state index >= 15 is 0 Å². The lowest BCUT2D eigenvalue weighted by Gasteiger charge is -2.52. The maximum atomic E-state index is 11.7. The monoisotopic (exact) mass is 371 g/mol. The molecule has 1 aromatic heterocycles. The number of aromatic nitrogens is 3. The van der Waals surface area contributed by atoms with Gasteiger partial charge >= 0.3 is 0 Å². The van der Waals surface area contributed by atoms with Crippen LogP contribution < -0.4 is 15.4 Å². The van der Waals surface area contributed by atoms with E-state index in [2.05, 4.69) is 26.9 Å². The van der Waals surface area contributed by atoms with Crippen LogP contribution in [0.4, 0.5) is 17.3 Å². The van der Waals surface area contributed by atoms with Crippen molar-refractivity contribution < 1.29 is 9.66 Å². The summed E-state index contributed by atoms with van der Waals surface area (Å²) in [6.07, 6.45) is 3.55. The zero-order valence-electron chi connectivity index (χ0n) is 15.3. The van der Waals surface area contributed by atoms with E-state index in [1.165, 1.54) is 19.5 Å². The van der Waals surface area contributed by atoms with Gasteiger partial charge in [0.15, 0.2) is 5.82 Å². The summed E-state index contributed by atoms with van der Waals surface area (Å²) in [5.74, 6) is 0.745. The van der Waals surface area contributed by atoms with Crippen LogP contribution in [0.3, 0.4) is 0 Å². The van der Waals surface area contributed by atoms with Crippen LogP contribution in [-0.2, 0) is 0 Å². The van der Waals surface area contributed by atoms with E-state index in [4.69, 9.17) is 10.5 Å². The molecule has 27 heavy (non-hydrogen) atoms. The smallest absolute Gasteiger partial charge is 0.293 e. The standard InChI is InChI=1S/C17H21N7O3/c1-22-5-3-4-17(22)8-23(9-17)12-7-14(27-2)11(6-13(12)24(25)26)15-19-10-20-16(18)21-15/h6-7,10H,3-5,8-9H2,1-2H3,(H2,18,19,20,21). The molecule has 0 amide bonds. The van der Waals surface area contributed by atoms with Gasteiger partial charge in [0.1, 0.15) is 17.8 Å². The molecular formula is C17H21N7O3. The number of nitrogens with zero attached hydrogens (tertiary/aromatic N) is 6. The first-order valence-corrected chi connectivity index (χ1v) is 8.71. The van der Waals surface area contributed by atoms with Gasteiger partial charge in [0.05, 0.1) is 23.1 Å². The molecule has 3 heterocycles. The molecule has 0 radical (unpaired) electrons. The maximum absolute atomic E-state index is 11.7. The molecule has 1 aromatic carbocycles. The number of nitro benzene ring substituents is 1. The molecule has 2 N–H and O–H groups in total. The number of likely N-dealkylation sites (N-methyl/N-ethyl adjacent to an activating group) is 1. The molecule has 2 aliphatic heterocycles.